The number of pyridine rings is 1. The Bertz CT molecular complexity index is 1330. The van der Waals surface area contributed by atoms with Gasteiger partial charge >= 0.3 is 0 Å². The quantitative estimate of drug-likeness (QED) is 0.409. The standard InChI is InChI=1S/C28H29N5O3/c1-19-5-3-6-22(17-19)25-31-28(36-32-25)24-7-4-14-29-26(24)33-15-12-21(13-16-33)27(34)30-18-20-8-10-23(35-2)11-9-20/h3-11,14,17,21H,12-13,15-16,18H2,1-2H3,(H,30,34). The Morgan fingerprint density at radius 3 is 2.67 bits per heavy atom. The number of ether oxygens (including phenoxy) is 1. The van der Waals surface area contributed by atoms with Crippen molar-refractivity contribution in [3.63, 3.8) is 0 Å². The molecule has 2 aromatic heterocycles. The third-order valence-electron chi connectivity index (χ3n) is 6.51. The fourth-order valence-electron chi connectivity index (χ4n) is 4.48. The summed E-state index contributed by atoms with van der Waals surface area (Å²) in [5.41, 5.74) is 3.89. The molecule has 1 N–H and O–H groups in total. The molecule has 36 heavy (non-hydrogen) atoms. The molecule has 1 aliphatic rings. The first-order chi connectivity index (χ1) is 17.6. The highest BCUT2D eigenvalue weighted by Crippen LogP contribution is 2.32. The van der Waals surface area contributed by atoms with Crippen LogP contribution in [0.4, 0.5) is 5.82 Å². The molecule has 0 radical (unpaired) electrons. The first kappa shape index (κ1) is 23.5. The predicted octanol–water partition coefficient (Wildman–Crippen LogP) is 4.65. The molecule has 0 aliphatic carbocycles. The van der Waals surface area contributed by atoms with Gasteiger partial charge in [0.1, 0.15) is 11.6 Å². The van der Waals surface area contributed by atoms with Gasteiger partial charge in [-0.15, -0.1) is 0 Å². The number of rotatable bonds is 7. The molecule has 0 unspecified atom stereocenters. The van der Waals surface area contributed by atoms with Gasteiger partial charge in [0.2, 0.25) is 11.7 Å². The Labute approximate surface area is 210 Å². The van der Waals surface area contributed by atoms with E-state index in [1.807, 2.05) is 67.6 Å². The van der Waals surface area contributed by atoms with Gasteiger partial charge < -0.3 is 19.5 Å². The Morgan fingerprint density at radius 2 is 1.92 bits per heavy atom. The van der Waals surface area contributed by atoms with Gasteiger partial charge in [-0.2, -0.15) is 4.98 Å². The van der Waals surface area contributed by atoms with Crippen molar-refractivity contribution < 1.29 is 14.1 Å². The molecule has 0 bridgehead atoms. The highest BCUT2D eigenvalue weighted by Gasteiger charge is 2.27. The minimum atomic E-state index is -0.0250. The van der Waals surface area contributed by atoms with Crippen molar-refractivity contribution in [1.29, 1.82) is 0 Å². The van der Waals surface area contributed by atoms with Crippen LogP contribution in [0.5, 0.6) is 5.75 Å². The van der Waals surface area contributed by atoms with Crippen LogP contribution in [0.1, 0.15) is 24.0 Å². The third kappa shape index (κ3) is 5.22. The maximum absolute atomic E-state index is 12.8. The molecular weight excluding hydrogens is 454 g/mol. The SMILES string of the molecule is COc1ccc(CNC(=O)C2CCN(c3ncccc3-c3nc(-c4cccc(C)c4)no3)CC2)cc1. The minimum absolute atomic E-state index is 0.0250. The molecule has 1 fully saturated rings. The topological polar surface area (TPSA) is 93.4 Å². The lowest BCUT2D eigenvalue weighted by atomic mass is 9.95. The summed E-state index contributed by atoms with van der Waals surface area (Å²) < 4.78 is 10.8. The summed E-state index contributed by atoms with van der Waals surface area (Å²) in [4.78, 5) is 24.2. The molecular formula is C28H29N5O3. The van der Waals surface area contributed by atoms with E-state index in [9.17, 15) is 4.79 Å². The number of anilines is 1. The van der Waals surface area contributed by atoms with E-state index in [-0.39, 0.29) is 11.8 Å². The van der Waals surface area contributed by atoms with Crippen molar-refractivity contribution in [3.8, 4) is 28.6 Å². The van der Waals surface area contributed by atoms with E-state index in [0.29, 0.717) is 18.3 Å². The maximum atomic E-state index is 12.8. The summed E-state index contributed by atoms with van der Waals surface area (Å²) in [6.07, 6.45) is 3.27. The van der Waals surface area contributed by atoms with E-state index in [0.717, 1.165) is 59.8 Å². The number of hydrogen-bond donors (Lipinski definition) is 1. The van der Waals surface area contributed by atoms with Gasteiger partial charge in [0.05, 0.1) is 12.7 Å². The van der Waals surface area contributed by atoms with Gasteiger partial charge in [-0.25, -0.2) is 4.98 Å². The third-order valence-corrected chi connectivity index (χ3v) is 6.51. The summed E-state index contributed by atoms with van der Waals surface area (Å²) in [6, 6.07) is 19.6. The van der Waals surface area contributed by atoms with E-state index in [1.54, 1.807) is 13.3 Å². The average molecular weight is 484 g/mol. The van der Waals surface area contributed by atoms with Gasteiger partial charge in [0, 0.05) is 37.3 Å². The van der Waals surface area contributed by atoms with Crippen LogP contribution in [-0.2, 0) is 11.3 Å². The molecule has 4 aromatic rings. The normalized spacial score (nSPS) is 14.0. The lowest BCUT2D eigenvalue weighted by molar-refractivity contribution is -0.125. The highest BCUT2D eigenvalue weighted by molar-refractivity contribution is 5.79. The lowest BCUT2D eigenvalue weighted by Crippen LogP contribution is -2.40. The Balaban J connectivity index is 1.22. The van der Waals surface area contributed by atoms with Crippen molar-refractivity contribution in [1.82, 2.24) is 20.4 Å². The van der Waals surface area contributed by atoms with Crippen LogP contribution in [0.2, 0.25) is 0 Å². The van der Waals surface area contributed by atoms with Crippen LogP contribution in [0, 0.1) is 12.8 Å². The molecule has 1 saturated heterocycles. The summed E-state index contributed by atoms with van der Waals surface area (Å²) in [6.45, 7) is 3.99. The van der Waals surface area contributed by atoms with Crippen LogP contribution in [0.25, 0.3) is 22.8 Å². The molecule has 8 heteroatoms. The van der Waals surface area contributed by atoms with Crippen LogP contribution in [0.3, 0.4) is 0 Å². The number of hydrogen-bond acceptors (Lipinski definition) is 7. The first-order valence-corrected chi connectivity index (χ1v) is 12.1. The monoisotopic (exact) mass is 483 g/mol. The molecule has 0 atom stereocenters. The second-order valence-electron chi connectivity index (χ2n) is 8.99. The first-order valence-electron chi connectivity index (χ1n) is 12.1. The van der Waals surface area contributed by atoms with E-state index in [1.165, 1.54) is 0 Å². The number of carbonyl (C=O) groups excluding carboxylic acids is 1. The second-order valence-corrected chi connectivity index (χ2v) is 8.99. The number of aryl methyl sites for hydroxylation is 1. The number of nitrogens with one attached hydrogen (secondary N) is 1. The van der Waals surface area contributed by atoms with E-state index in [2.05, 4.69) is 25.3 Å². The number of amides is 1. The summed E-state index contributed by atoms with van der Waals surface area (Å²) >= 11 is 0. The van der Waals surface area contributed by atoms with Crippen LogP contribution < -0.4 is 15.0 Å². The smallest absolute Gasteiger partial charge is 0.261 e. The molecule has 2 aromatic carbocycles. The van der Waals surface area contributed by atoms with Gasteiger partial charge in [-0.1, -0.05) is 41.1 Å². The highest BCUT2D eigenvalue weighted by atomic mass is 16.5. The second kappa shape index (κ2) is 10.6. The molecule has 1 amide bonds. The van der Waals surface area contributed by atoms with Crippen LogP contribution >= 0.6 is 0 Å². The zero-order valence-electron chi connectivity index (χ0n) is 20.5. The minimum Gasteiger partial charge on any atom is -0.497 e. The lowest BCUT2D eigenvalue weighted by Gasteiger charge is -2.32. The van der Waals surface area contributed by atoms with Crippen molar-refractivity contribution in [3.05, 3.63) is 78.0 Å². The summed E-state index contributed by atoms with van der Waals surface area (Å²) in [7, 11) is 1.64. The number of carbonyl (C=O) groups is 1. The molecule has 5 rings (SSSR count). The van der Waals surface area contributed by atoms with Crippen molar-refractivity contribution in [2.75, 3.05) is 25.1 Å². The van der Waals surface area contributed by atoms with Crippen molar-refractivity contribution >= 4 is 11.7 Å². The van der Waals surface area contributed by atoms with Gasteiger partial charge in [-0.05, 0) is 55.7 Å². The van der Waals surface area contributed by atoms with Crippen molar-refractivity contribution in [2.45, 2.75) is 26.3 Å². The fraction of sp³-hybridized carbons (Fsp3) is 0.286. The van der Waals surface area contributed by atoms with Crippen LogP contribution in [-0.4, -0.2) is 41.2 Å². The molecule has 8 nitrogen and oxygen atoms in total. The van der Waals surface area contributed by atoms with E-state index in [4.69, 9.17) is 9.26 Å². The number of piperidine rings is 1. The maximum Gasteiger partial charge on any atom is 0.261 e. The molecule has 3 heterocycles. The number of methoxy groups -OCH3 is 1. The largest absolute Gasteiger partial charge is 0.497 e. The average Bonchev–Trinajstić information content (AvgIpc) is 3.42. The van der Waals surface area contributed by atoms with Gasteiger partial charge in [0.15, 0.2) is 0 Å². The Morgan fingerprint density at radius 1 is 1.11 bits per heavy atom. The molecule has 0 spiro atoms. The zero-order chi connectivity index (χ0) is 24.9. The fourth-order valence-corrected chi connectivity index (χ4v) is 4.48. The van der Waals surface area contributed by atoms with Gasteiger partial charge in [-0.3, -0.25) is 4.79 Å². The van der Waals surface area contributed by atoms with E-state index < -0.39 is 0 Å². The number of aromatic nitrogens is 3. The zero-order valence-corrected chi connectivity index (χ0v) is 20.5. The summed E-state index contributed by atoms with van der Waals surface area (Å²) in [5, 5.41) is 7.26. The molecule has 184 valence electrons. The Hall–Kier alpha value is -4.20. The number of nitrogens with zero attached hydrogens (tertiary/aromatic N) is 4. The molecule has 0 saturated carbocycles. The van der Waals surface area contributed by atoms with Gasteiger partial charge in [0.25, 0.3) is 5.89 Å². The van der Waals surface area contributed by atoms with E-state index >= 15 is 0 Å². The molecule has 1 aliphatic heterocycles. The van der Waals surface area contributed by atoms with Crippen LogP contribution in [0.15, 0.2) is 71.4 Å². The Kier molecular flexibility index (Phi) is 6.93. The predicted molar refractivity (Wildman–Crippen MR) is 137 cm³/mol. The number of benzene rings is 2. The summed E-state index contributed by atoms with van der Waals surface area (Å²) in [5.74, 6) is 2.66. The van der Waals surface area contributed by atoms with Crippen molar-refractivity contribution in [2.24, 2.45) is 5.92 Å².